The van der Waals surface area contributed by atoms with Gasteiger partial charge in [0.2, 0.25) is 0 Å². The molecule has 2 aromatic rings. The minimum atomic E-state index is 0.450. The van der Waals surface area contributed by atoms with Crippen molar-refractivity contribution in [2.24, 2.45) is 0 Å². The molecule has 0 aliphatic heterocycles. The number of aromatic amines is 1. The van der Waals surface area contributed by atoms with Crippen LogP contribution in [0.2, 0.25) is 0 Å². The molecule has 1 N–H and O–H groups in total. The lowest BCUT2D eigenvalue weighted by atomic mass is 10.3. The van der Waals surface area contributed by atoms with Crippen LogP contribution < -0.4 is 9.47 Å². The third-order valence-electron chi connectivity index (χ3n) is 2.03. The van der Waals surface area contributed by atoms with E-state index in [1.54, 1.807) is 13.3 Å². The summed E-state index contributed by atoms with van der Waals surface area (Å²) in [6, 6.07) is 7.48. The van der Waals surface area contributed by atoms with E-state index >= 15 is 0 Å². The average Bonchev–Trinajstić information content (AvgIpc) is 2.73. The van der Waals surface area contributed by atoms with Crippen molar-refractivity contribution in [2.75, 3.05) is 7.11 Å². The van der Waals surface area contributed by atoms with Crippen molar-refractivity contribution >= 4 is 15.9 Å². The van der Waals surface area contributed by atoms with Crippen LogP contribution in [0.3, 0.4) is 0 Å². The fourth-order valence-corrected chi connectivity index (χ4v) is 1.61. The molecule has 2 rings (SSSR count). The highest BCUT2D eigenvalue weighted by atomic mass is 79.9. The van der Waals surface area contributed by atoms with Gasteiger partial charge in [-0.3, -0.25) is 0 Å². The quantitative estimate of drug-likeness (QED) is 0.938. The number of hydrogen-bond donors (Lipinski definition) is 1. The Labute approximate surface area is 102 Å². The molecule has 1 aromatic carbocycles. The number of nitrogens with one attached hydrogen (secondary N) is 1. The first-order chi connectivity index (χ1) is 7.78. The monoisotopic (exact) mass is 282 g/mol. The van der Waals surface area contributed by atoms with E-state index in [1.165, 1.54) is 0 Å². The van der Waals surface area contributed by atoms with Crippen molar-refractivity contribution in [1.29, 1.82) is 0 Å². The van der Waals surface area contributed by atoms with Crippen molar-refractivity contribution in [3.8, 4) is 11.5 Å². The van der Waals surface area contributed by atoms with E-state index in [4.69, 9.17) is 9.47 Å². The van der Waals surface area contributed by atoms with E-state index < -0.39 is 0 Å². The molecule has 0 bridgehead atoms. The van der Waals surface area contributed by atoms with E-state index in [-0.39, 0.29) is 0 Å². The molecule has 0 atom stereocenters. The maximum Gasteiger partial charge on any atom is 0.174 e. The maximum absolute atomic E-state index is 5.58. The Morgan fingerprint density at radius 3 is 2.88 bits per heavy atom. The zero-order valence-electron chi connectivity index (χ0n) is 8.74. The molecule has 0 unspecified atom stereocenters. The van der Waals surface area contributed by atoms with Crippen LogP contribution >= 0.6 is 15.9 Å². The molecule has 4 nitrogen and oxygen atoms in total. The number of ether oxygens (including phenoxy) is 2. The summed E-state index contributed by atoms with van der Waals surface area (Å²) in [6.07, 6.45) is 1.73. The van der Waals surface area contributed by atoms with Crippen molar-refractivity contribution in [3.05, 3.63) is 40.9 Å². The van der Waals surface area contributed by atoms with Gasteiger partial charge in [-0.25, -0.2) is 4.98 Å². The minimum Gasteiger partial charge on any atom is -0.497 e. The van der Waals surface area contributed by atoms with Crippen molar-refractivity contribution in [1.82, 2.24) is 9.97 Å². The fourth-order valence-electron chi connectivity index (χ4n) is 1.26. The van der Waals surface area contributed by atoms with Crippen LogP contribution in [0.25, 0.3) is 0 Å². The SMILES string of the molecule is COc1cccc(OCc2cnc(Br)[nH]2)c1. The van der Waals surface area contributed by atoms with Crippen LogP contribution in [-0.4, -0.2) is 17.1 Å². The summed E-state index contributed by atoms with van der Waals surface area (Å²) in [5, 5.41) is 0. The number of nitrogens with zero attached hydrogens (tertiary/aromatic N) is 1. The molecule has 1 aromatic heterocycles. The molecular formula is C11H11BrN2O2. The summed E-state index contributed by atoms with van der Waals surface area (Å²) in [7, 11) is 1.63. The Morgan fingerprint density at radius 1 is 1.38 bits per heavy atom. The van der Waals surface area contributed by atoms with Crippen LogP contribution in [0.15, 0.2) is 35.2 Å². The summed E-state index contributed by atoms with van der Waals surface area (Å²) < 4.78 is 11.4. The topological polar surface area (TPSA) is 47.1 Å². The summed E-state index contributed by atoms with van der Waals surface area (Å²) in [6.45, 7) is 0.450. The summed E-state index contributed by atoms with van der Waals surface area (Å²) >= 11 is 3.24. The number of benzene rings is 1. The van der Waals surface area contributed by atoms with Gasteiger partial charge < -0.3 is 14.5 Å². The Morgan fingerprint density at radius 2 is 2.19 bits per heavy atom. The van der Waals surface area contributed by atoms with E-state index in [9.17, 15) is 0 Å². The Bertz CT molecular complexity index is 471. The third kappa shape index (κ3) is 2.76. The molecule has 0 saturated carbocycles. The molecule has 84 valence electrons. The molecule has 0 spiro atoms. The van der Waals surface area contributed by atoms with Gasteiger partial charge in [0.05, 0.1) is 19.0 Å². The first-order valence-corrected chi connectivity index (χ1v) is 5.53. The number of H-pyrrole nitrogens is 1. The van der Waals surface area contributed by atoms with Gasteiger partial charge in [0.15, 0.2) is 4.73 Å². The van der Waals surface area contributed by atoms with E-state index in [0.29, 0.717) is 11.3 Å². The highest BCUT2D eigenvalue weighted by Crippen LogP contribution is 2.19. The lowest BCUT2D eigenvalue weighted by Crippen LogP contribution is -1.95. The molecule has 0 aliphatic carbocycles. The second-order valence-electron chi connectivity index (χ2n) is 3.17. The Hall–Kier alpha value is -1.49. The predicted molar refractivity (Wildman–Crippen MR) is 63.6 cm³/mol. The molecule has 0 fully saturated rings. The minimum absolute atomic E-state index is 0.450. The van der Waals surface area contributed by atoms with Gasteiger partial charge in [-0.05, 0) is 28.1 Å². The maximum atomic E-state index is 5.58. The third-order valence-corrected chi connectivity index (χ3v) is 2.44. The number of hydrogen-bond acceptors (Lipinski definition) is 3. The van der Waals surface area contributed by atoms with E-state index in [0.717, 1.165) is 17.2 Å². The van der Waals surface area contributed by atoms with Crippen molar-refractivity contribution in [2.45, 2.75) is 6.61 Å². The first kappa shape index (κ1) is 11.0. The average molecular weight is 283 g/mol. The molecular weight excluding hydrogens is 272 g/mol. The molecule has 16 heavy (non-hydrogen) atoms. The molecule has 0 amide bonds. The van der Waals surface area contributed by atoms with E-state index in [1.807, 2.05) is 24.3 Å². The number of aromatic nitrogens is 2. The number of methoxy groups -OCH3 is 1. The second-order valence-corrected chi connectivity index (χ2v) is 3.92. The van der Waals surface area contributed by atoms with Gasteiger partial charge in [0, 0.05) is 6.07 Å². The highest BCUT2D eigenvalue weighted by Gasteiger charge is 2.00. The van der Waals surface area contributed by atoms with Crippen LogP contribution in [-0.2, 0) is 6.61 Å². The fraction of sp³-hybridized carbons (Fsp3) is 0.182. The summed E-state index contributed by atoms with van der Waals surface area (Å²) in [4.78, 5) is 7.04. The predicted octanol–water partition coefficient (Wildman–Crippen LogP) is 2.76. The van der Waals surface area contributed by atoms with Gasteiger partial charge >= 0.3 is 0 Å². The van der Waals surface area contributed by atoms with E-state index in [2.05, 4.69) is 25.9 Å². The summed E-state index contributed by atoms with van der Waals surface area (Å²) in [5.74, 6) is 1.55. The van der Waals surface area contributed by atoms with Gasteiger partial charge in [0.25, 0.3) is 0 Å². The van der Waals surface area contributed by atoms with Crippen LogP contribution in [0.5, 0.6) is 11.5 Å². The van der Waals surface area contributed by atoms with Crippen molar-refractivity contribution in [3.63, 3.8) is 0 Å². The lowest BCUT2D eigenvalue weighted by Gasteiger charge is -2.06. The van der Waals surface area contributed by atoms with Crippen molar-refractivity contribution < 1.29 is 9.47 Å². The van der Waals surface area contributed by atoms with Gasteiger partial charge in [-0.15, -0.1) is 0 Å². The largest absolute Gasteiger partial charge is 0.497 e. The first-order valence-electron chi connectivity index (χ1n) is 4.74. The van der Waals surface area contributed by atoms with Gasteiger partial charge in [0.1, 0.15) is 18.1 Å². The smallest absolute Gasteiger partial charge is 0.174 e. The molecule has 0 radical (unpaired) electrons. The standard InChI is InChI=1S/C11H11BrN2O2/c1-15-9-3-2-4-10(5-9)16-7-8-6-13-11(12)14-8/h2-6H,7H2,1H3,(H,13,14). The normalized spacial score (nSPS) is 10.1. The number of halogens is 1. The zero-order valence-corrected chi connectivity index (χ0v) is 10.3. The molecule has 1 heterocycles. The van der Waals surface area contributed by atoms with Gasteiger partial charge in [-0.1, -0.05) is 6.07 Å². The Kier molecular flexibility index (Phi) is 3.46. The van der Waals surface area contributed by atoms with Crippen LogP contribution in [0, 0.1) is 0 Å². The zero-order chi connectivity index (χ0) is 11.4. The Balaban J connectivity index is 1.99. The molecule has 5 heteroatoms. The van der Waals surface area contributed by atoms with Crippen LogP contribution in [0.1, 0.15) is 5.69 Å². The number of rotatable bonds is 4. The number of imidazole rings is 1. The lowest BCUT2D eigenvalue weighted by molar-refractivity contribution is 0.299. The van der Waals surface area contributed by atoms with Crippen LogP contribution in [0.4, 0.5) is 0 Å². The second kappa shape index (κ2) is 5.03. The highest BCUT2D eigenvalue weighted by molar-refractivity contribution is 9.10. The van der Waals surface area contributed by atoms with Gasteiger partial charge in [-0.2, -0.15) is 0 Å². The molecule has 0 saturated heterocycles. The molecule has 0 aliphatic rings. The summed E-state index contributed by atoms with van der Waals surface area (Å²) in [5.41, 5.74) is 0.912.